The molecule has 0 amide bonds. The molecule has 1 aliphatic heterocycles. The Hall–Kier alpha value is -0.340. The molecule has 1 saturated heterocycles. The number of guanidine groups is 1. The van der Waals surface area contributed by atoms with Crippen molar-refractivity contribution in [3.63, 3.8) is 0 Å². The highest BCUT2D eigenvalue weighted by molar-refractivity contribution is 14.0. The van der Waals surface area contributed by atoms with Crippen LogP contribution in [0.15, 0.2) is 17.6 Å². The van der Waals surface area contributed by atoms with Gasteiger partial charge in [0.05, 0.1) is 0 Å². The highest BCUT2D eigenvalue weighted by Crippen LogP contribution is 2.12. The molecule has 1 atom stereocenters. The minimum atomic E-state index is 0. The molecule has 1 aliphatic rings. The van der Waals surface area contributed by atoms with Crippen LogP contribution in [0.4, 0.5) is 0 Å². The van der Waals surface area contributed by atoms with Crippen LogP contribution in [0.1, 0.15) is 13.8 Å². The number of halogens is 1. The monoisotopic (exact) mass is 409 g/mol. The number of hydrogen-bond donors (Lipinski definition) is 2. The third kappa shape index (κ3) is 7.46. The van der Waals surface area contributed by atoms with E-state index < -0.39 is 0 Å². The maximum Gasteiger partial charge on any atom is 0.191 e. The second-order valence-electron chi connectivity index (χ2n) is 5.77. The largest absolute Gasteiger partial charge is 0.355 e. The van der Waals surface area contributed by atoms with Crippen LogP contribution in [0, 0.1) is 5.92 Å². The van der Waals surface area contributed by atoms with Gasteiger partial charge in [0.1, 0.15) is 0 Å². The van der Waals surface area contributed by atoms with Crippen LogP contribution in [0.3, 0.4) is 0 Å². The number of hydrogen-bond acceptors (Lipinski definition) is 3. The normalized spacial score (nSPS) is 19.0. The van der Waals surface area contributed by atoms with E-state index in [0.29, 0.717) is 12.0 Å². The van der Waals surface area contributed by atoms with Gasteiger partial charge in [-0.25, -0.2) is 0 Å². The smallest absolute Gasteiger partial charge is 0.191 e. The SMILES string of the molecule is C=CCNC(=NC)NCC(C(C)C)N1CCN(C)CC1.I. The third-order valence-electron chi connectivity index (χ3n) is 3.89. The lowest BCUT2D eigenvalue weighted by molar-refractivity contribution is 0.0900. The van der Waals surface area contributed by atoms with E-state index in [1.807, 2.05) is 6.08 Å². The molecule has 0 spiro atoms. The van der Waals surface area contributed by atoms with Crippen LogP contribution in [-0.4, -0.2) is 75.2 Å². The molecule has 6 heteroatoms. The summed E-state index contributed by atoms with van der Waals surface area (Å²) in [5, 5.41) is 6.65. The van der Waals surface area contributed by atoms with Gasteiger partial charge in [-0.3, -0.25) is 9.89 Å². The quantitative estimate of drug-likeness (QED) is 0.300. The summed E-state index contributed by atoms with van der Waals surface area (Å²) >= 11 is 0. The topological polar surface area (TPSA) is 42.9 Å². The summed E-state index contributed by atoms with van der Waals surface area (Å²) in [7, 11) is 4.00. The molecule has 0 aromatic rings. The minimum Gasteiger partial charge on any atom is -0.355 e. The van der Waals surface area contributed by atoms with E-state index in [-0.39, 0.29) is 24.0 Å². The van der Waals surface area contributed by atoms with E-state index in [9.17, 15) is 0 Å². The third-order valence-corrected chi connectivity index (χ3v) is 3.89. The molecule has 5 nitrogen and oxygen atoms in total. The number of nitrogens with one attached hydrogen (secondary N) is 2. The van der Waals surface area contributed by atoms with E-state index >= 15 is 0 Å². The standard InChI is InChI=1S/C15H31N5.HI/c1-6-7-17-15(16-4)18-12-14(13(2)3)20-10-8-19(5)9-11-20;/h6,13-14H,1,7-12H2,2-5H3,(H2,16,17,18);1H. The second-order valence-corrected chi connectivity index (χ2v) is 5.77. The maximum absolute atomic E-state index is 4.23. The second kappa shape index (κ2) is 11.3. The first-order valence-electron chi connectivity index (χ1n) is 7.56. The molecule has 1 heterocycles. The first kappa shape index (κ1) is 20.7. The van der Waals surface area contributed by atoms with Gasteiger partial charge >= 0.3 is 0 Å². The van der Waals surface area contributed by atoms with Crippen molar-refractivity contribution in [2.75, 3.05) is 53.4 Å². The maximum atomic E-state index is 4.23. The average molecular weight is 409 g/mol. The van der Waals surface area contributed by atoms with E-state index in [0.717, 1.165) is 45.2 Å². The number of nitrogens with zero attached hydrogens (tertiary/aromatic N) is 3. The fraction of sp³-hybridized carbons (Fsp3) is 0.800. The minimum absolute atomic E-state index is 0. The van der Waals surface area contributed by atoms with Crippen LogP contribution in [0.2, 0.25) is 0 Å². The van der Waals surface area contributed by atoms with Crippen molar-refractivity contribution >= 4 is 29.9 Å². The Kier molecular flexibility index (Phi) is 11.1. The van der Waals surface area contributed by atoms with Crippen LogP contribution < -0.4 is 10.6 Å². The van der Waals surface area contributed by atoms with Crippen molar-refractivity contribution in [3.8, 4) is 0 Å². The molecular formula is C15H32IN5. The van der Waals surface area contributed by atoms with Gasteiger partial charge in [-0.05, 0) is 13.0 Å². The summed E-state index contributed by atoms with van der Waals surface area (Å²) in [6.45, 7) is 14.6. The summed E-state index contributed by atoms with van der Waals surface area (Å²) in [5.41, 5.74) is 0. The molecular weight excluding hydrogens is 377 g/mol. The number of piperazine rings is 1. The zero-order valence-corrected chi connectivity index (χ0v) is 16.3. The zero-order valence-electron chi connectivity index (χ0n) is 13.9. The zero-order chi connectivity index (χ0) is 15.0. The van der Waals surface area contributed by atoms with E-state index in [1.165, 1.54) is 0 Å². The van der Waals surface area contributed by atoms with Gasteiger partial charge in [0.2, 0.25) is 0 Å². The fourth-order valence-electron chi connectivity index (χ4n) is 2.53. The Morgan fingerprint density at radius 2 is 1.86 bits per heavy atom. The summed E-state index contributed by atoms with van der Waals surface area (Å²) in [5.74, 6) is 1.48. The summed E-state index contributed by atoms with van der Waals surface area (Å²) in [6.07, 6.45) is 1.84. The summed E-state index contributed by atoms with van der Waals surface area (Å²) in [4.78, 5) is 9.22. The molecule has 0 saturated carbocycles. The van der Waals surface area contributed by atoms with Gasteiger partial charge in [-0.2, -0.15) is 0 Å². The molecule has 21 heavy (non-hydrogen) atoms. The van der Waals surface area contributed by atoms with Crippen molar-refractivity contribution in [3.05, 3.63) is 12.7 Å². The summed E-state index contributed by atoms with van der Waals surface area (Å²) in [6, 6.07) is 0.547. The lowest BCUT2D eigenvalue weighted by atomic mass is 10.0. The van der Waals surface area contributed by atoms with Crippen molar-refractivity contribution in [1.82, 2.24) is 20.4 Å². The van der Waals surface area contributed by atoms with Crippen LogP contribution in [0.5, 0.6) is 0 Å². The Morgan fingerprint density at radius 1 is 1.24 bits per heavy atom. The van der Waals surface area contributed by atoms with Gasteiger partial charge in [-0.1, -0.05) is 19.9 Å². The Bertz CT molecular complexity index is 311. The number of rotatable bonds is 6. The van der Waals surface area contributed by atoms with Crippen molar-refractivity contribution < 1.29 is 0 Å². The van der Waals surface area contributed by atoms with Gasteiger partial charge in [0, 0.05) is 52.4 Å². The Morgan fingerprint density at radius 3 is 2.33 bits per heavy atom. The molecule has 1 fully saturated rings. The molecule has 124 valence electrons. The van der Waals surface area contributed by atoms with E-state index in [1.54, 1.807) is 7.05 Å². The summed E-state index contributed by atoms with van der Waals surface area (Å²) < 4.78 is 0. The number of likely N-dealkylation sites (N-methyl/N-ethyl adjacent to an activating group) is 1. The van der Waals surface area contributed by atoms with Crippen molar-refractivity contribution in [2.24, 2.45) is 10.9 Å². The van der Waals surface area contributed by atoms with E-state index in [2.05, 4.69) is 52.9 Å². The molecule has 0 bridgehead atoms. The molecule has 0 aliphatic carbocycles. The number of aliphatic imine (C=N–C) groups is 1. The lowest BCUT2D eigenvalue weighted by Crippen LogP contribution is -2.55. The van der Waals surface area contributed by atoms with E-state index in [4.69, 9.17) is 0 Å². The molecule has 0 radical (unpaired) electrons. The predicted octanol–water partition coefficient (Wildman–Crippen LogP) is 1.23. The van der Waals surface area contributed by atoms with Crippen molar-refractivity contribution in [1.29, 1.82) is 0 Å². The highest BCUT2D eigenvalue weighted by Gasteiger charge is 2.24. The molecule has 1 rings (SSSR count). The van der Waals surface area contributed by atoms with Crippen LogP contribution >= 0.6 is 24.0 Å². The first-order chi connectivity index (χ1) is 9.58. The molecule has 0 aromatic heterocycles. The van der Waals surface area contributed by atoms with Gasteiger partial charge in [0.25, 0.3) is 0 Å². The lowest BCUT2D eigenvalue weighted by Gasteiger charge is -2.40. The molecule has 1 unspecified atom stereocenters. The Balaban J connectivity index is 0.00000400. The van der Waals surface area contributed by atoms with Crippen LogP contribution in [0.25, 0.3) is 0 Å². The highest BCUT2D eigenvalue weighted by atomic mass is 127. The predicted molar refractivity (Wildman–Crippen MR) is 103 cm³/mol. The fourth-order valence-corrected chi connectivity index (χ4v) is 2.53. The first-order valence-corrected chi connectivity index (χ1v) is 7.56. The van der Waals surface area contributed by atoms with Crippen molar-refractivity contribution in [2.45, 2.75) is 19.9 Å². The van der Waals surface area contributed by atoms with Gasteiger partial charge in [0.15, 0.2) is 5.96 Å². The Labute approximate surface area is 147 Å². The van der Waals surface area contributed by atoms with Gasteiger partial charge < -0.3 is 15.5 Å². The average Bonchev–Trinajstić information content (AvgIpc) is 2.44. The van der Waals surface area contributed by atoms with Crippen LogP contribution in [-0.2, 0) is 0 Å². The van der Waals surface area contributed by atoms with Gasteiger partial charge in [-0.15, -0.1) is 30.6 Å². The molecule has 2 N–H and O–H groups in total. The molecule has 0 aromatic carbocycles.